The first kappa shape index (κ1) is 11.8. The predicted molar refractivity (Wildman–Crippen MR) is 57.1 cm³/mol. The quantitative estimate of drug-likeness (QED) is 0.539. The summed E-state index contributed by atoms with van der Waals surface area (Å²) >= 11 is 4.91. The third-order valence-electron chi connectivity index (χ3n) is 1.77. The molecule has 5 nitrogen and oxygen atoms in total. The monoisotopic (exact) mass is 228 g/mol. The summed E-state index contributed by atoms with van der Waals surface area (Å²) in [7, 11) is 0. The van der Waals surface area contributed by atoms with Crippen molar-refractivity contribution in [2.45, 2.75) is 6.10 Å². The molecular weight excluding hydrogens is 216 g/mol. The Bertz CT molecular complexity index is 391. The molecule has 0 aliphatic carbocycles. The number of aliphatic hydroxyl groups excluding tert-OH is 2. The topological polar surface area (TPSA) is 85.3 Å². The largest absolute Gasteiger partial charge is 0.394 e. The highest BCUT2D eigenvalue weighted by Crippen LogP contribution is 1.98. The molecule has 0 aliphatic rings. The number of hydrogen-bond acceptors (Lipinski definition) is 4. The number of aliphatic hydroxyl groups is 2. The lowest BCUT2D eigenvalue weighted by atomic mass is 10.2. The number of carbonyl (C=O) groups excluding carboxylic acids is 1. The van der Waals surface area contributed by atoms with Gasteiger partial charge in [0.1, 0.15) is 4.64 Å². The molecule has 82 valence electrons. The van der Waals surface area contributed by atoms with Crippen LogP contribution >= 0.6 is 12.2 Å². The van der Waals surface area contributed by atoms with Gasteiger partial charge in [0.15, 0.2) is 0 Å². The first-order valence-electron chi connectivity index (χ1n) is 4.40. The Morgan fingerprint density at radius 1 is 1.67 bits per heavy atom. The van der Waals surface area contributed by atoms with Gasteiger partial charge >= 0.3 is 0 Å². The molecule has 0 bridgehead atoms. The normalized spacial score (nSPS) is 12.1. The number of hydrogen-bond donors (Lipinski definition) is 4. The van der Waals surface area contributed by atoms with Gasteiger partial charge in [-0.15, -0.1) is 0 Å². The number of pyridine rings is 1. The van der Waals surface area contributed by atoms with Crippen molar-refractivity contribution >= 4 is 18.1 Å². The minimum Gasteiger partial charge on any atom is -0.394 e. The van der Waals surface area contributed by atoms with Crippen molar-refractivity contribution in [2.24, 2.45) is 0 Å². The zero-order valence-electron chi connectivity index (χ0n) is 7.93. The van der Waals surface area contributed by atoms with E-state index in [1.54, 1.807) is 18.3 Å². The summed E-state index contributed by atoms with van der Waals surface area (Å²) in [4.78, 5) is 14.2. The highest BCUT2D eigenvalue weighted by atomic mass is 32.1. The second-order valence-corrected chi connectivity index (χ2v) is 3.37. The van der Waals surface area contributed by atoms with Gasteiger partial charge in [0.05, 0.1) is 18.3 Å². The maximum atomic E-state index is 11.5. The van der Waals surface area contributed by atoms with E-state index >= 15 is 0 Å². The van der Waals surface area contributed by atoms with E-state index in [1.165, 1.54) is 0 Å². The van der Waals surface area contributed by atoms with Crippen LogP contribution in [0.15, 0.2) is 18.3 Å². The lowest BCUT2D eigenvalue weighted by Crippen LogP contribution is -2.34. The van der Waals surface area contributed by atoms with E-state index in [1.807, 2.05) is 0 Å². The number of amides is 1. The predicted octanol–water partition coefficient (Wildman–Crippen LogP) is -0.173. The van der Waals surface area contributed by atoms with E-state index in [-0.39, 0.29) is 19.1 Å². The molecule has 15 heavy (non-hydrogen) atoms. The average molecular weight is 228 g/mol. The van der Waals surface area contributed by atoms with Crippen molar-refractivity contribution in [1.82, 2.24) is 10.3 Å². The fourth-order valence-corrected chi connectivity index (χ4v) is 1.20. The molecular formula is C9H12N2O3S. The maximum Gasteiger partial charge on any atom is 0.254 e. The Kier molecular flexibility index (Phi) is 4.41. The summed E-state index contributed by atoms with van der Waals surface area (Å²) in [6.07, 6.45) is 0.678. The van der Waals surface area contributed by atoms with Crippen LogP contribution in [0.2, 0.25) is 0 Å². The van der Waals surface area contributed by atoms with Crippen molar-refractivity contribution < 1.29 is 15.0 Å². The Morgan fingerprint density at radius 3 is 3.00 bits per heavy atom. The number of rotatable bonds is 4. The van der Waals surface area contributed by atoms with Crippen LogP contribution in [0.4, 0.5) is 0 Å². The van der Waals surface area contributed by atoms with Crippen molar-refractivity contribution in [3.8, 4) is 0 Å². The minimum atomic E-state index is -0.949. The molecule has 1 atom stereocenters. The number of aromatic amines is 1. The third-order valence-corrected chi connectivity index (χ3v) is 2.11. The van der Waals surface area contributed by atoms with Gasteiger partial charge in [0.2, 0.25) is 0 Å². The molecule has 0 saturated carbocycles. The van der Waals surface area contributed by atoms with Crippen molar-refractivity contribution in [2.75, 3.05) is 13.2 Å². The highest BCUT2D eigenvalue weighted by molar-refractivity contribution is 7.71. The fourth-order valence-electron chi connectivity index (χ4n) is 0.971. The second kappa shape index (κ2) is 5.59. The van der Waals surface area contributed by atoms with E-state index in [0.717, 1.165) is 0 Å². The molecule has 0 aromatic carbocycles. The SMILES string of the molecule is O=C(NCC(O)CO)c1ccc[nH]c1=S. The van der Waals surface area contributed by atoms with Crippen molar-refractivity contribution in [1.29, 1.82) is 0 Å². The molecule has 0 fully saturated rings. The summed E-state index contributed by atoms with van der Waals surface area (Å²) in [6.45, 7) is -0.388. The molecule has 0 saturated heterocycles. The third kappa shape index (κ3) is 3.43. The van der Waals surface area contributed by atoms with Crippen LogP contribution in [0.5, 0.6) is 0 Å². The van der Waals surface area contributed by atoms with E-state index in [0.29, 0.717) is 10.2 Å². The van der Waals surface area contributed by atoms with Crippen LogP contribution < -0.4 is 5.32 Å². The van der Waals surface area contributed by atoms with E-state index < -0.39 is 6.10 Å². The van der Waals surface area contributed by atoms with Gasteiger partial charge in [0.25, 0.3) is 5.91 Å². The average Bonchev–Trinajstić information content (AvgIpc) is 2.26. The first-order valence-corrected chi connectivity index (χ1v) is 4.80. The number of H-pyrrole nitrogens is 1. The van der Waals surface area contributed by atoms with Gasteiger partial charge in [-0.3, -0.25) is 4.79 Å². The maximum absolute atomic E-state index is 11.5. The van der Waals surface area contributed by atoms with Crippen LogP contribution in [-0.4, -0.2) is 40.4 Å². The second-order valence-electron chi connectivity index (χ2n) is 2.96. The van der Waals surface area contributed by atoms with Crippen molar-refractivity contribution in [3.05, 3.63) is 28.5 Å². The Labute approximate surface area is 91.8 Å². The Morgan fingerprint density at radius 2 is 2.40 bits per heavy atom. The molecule has 1 aromatic rings. The van der Waals surface area contributed by atoms with Gasteiger partial charge in [0, 0.05) is 12.7 Å². The lowest BCUT2D eigenvalue weighted by Gasteiger charge is -2.08. The molecule has 1 unspecified atom stereocenters. The van der Waals surface area contributed by atoms with Crippen LogP contribution in [0.25, 0.3) is 0 Å². The van der Waals surface area contributed by atoms with Gasteiger partial charge in [-0.05, 0) is 12.1 Å². The highest BCUT2D eigenvalue weighted by Gasteiger charge is 2.09. The minimum absolute atomic E-state index is 0.000991. The summed E-state index contributed by atoms with van der Waals surface area (Å²) in [6, 6.07) is 3.24. The number of aromatic nitrogens is 1. The van der Waals surface area contributed by atoms with Gasteiger partial charge in [-0.25, -0.2) is 0 Å². The van der Waals surface area contributed by atoms with Crippen molar-refractivity contribution in [3.63, 3.8) is 0 Å². The zero-order valence-corrected chi connectivity index (χ0v) is 8.75. The molecule has 1 aromatic heterocycles. The summed E-state index contributed by atoms with van der Waals surface area (Å²) in [5, 5.41) is 20.0. The molecule has 6 heteroatoms. The Balaban J connectivity index is 2.62. The zero-order chi connectivity index (χ0) is 11.3. The first-order chi connectivity index (χ1) is 7.15. The van der Waals surface area contributed by atoms with Gasteiger partial charge in [-0.1, -0.05) is 12.2 Å². The fraction of sp³-hybridized carbons (Fsp3) is 0.333. The number of carbonyl (C=O) groups is 1. The standard InChI is InChI=1S/C9H12N2O3S/c12-5-6(13)4-11-8(14)7-2-1-3-10-9(7)15/h1-3,6,12-13H,4-5H2,(H,10,15)(H,11,14). The Hall–Kier alpha value is -1.24. The summed E-state index contributed by atoms with van der Waals surface area (Å²) in [5.74, 6) is -0.371. The van der Waals surface area contributed by atoms with E-state index in [4.69, 9.17) is 22.4 Å². The molecule has 0 spiro atoms. The molecule has 1 heterocycles. The van der Waals surface area contributed by atoms with Gasteiger partial charge < -0.3 is 20.5 Å². The molecule has 1 rings (SSSR count). The van der Waals surface area contributed by atoms with E-state index in [9.17, 15) is 4.79 Å². The van der Waals surface area contributed by atoms with Crippen LogP contribution in [0.1, 0.15) is 10.4 Å². The lowest BCUT2D eigenvalue weighted by molar-refractivity contribution is 0.0801. The molecule has 0 radical (unpaired) electrons. The smallest absolute Gasteiger partial charge is 0.254 e. The summed E-state index contributed by atoms with van der Waals surface area (Å²) < 4.78 is 0.341. The van der Waals surface area contributed by atoms with Gasteiger partial charge in [-0.2, -0.15) is 0 Å². The van der Waals surface area contributed by atoms with E-state index in [2.05, 4.69) is 10.3 Å². The van der Waals surface area contributed by atoms with Crippen LogP contribution in [0, 0.1) is 4.64 Å². The molecule has 1 amide bonds. The van der Waals surface area contributed by atoms with Crippen LogP contribution in [0.3, 0.4) is 0 Å². The van der Waals surface area contributed by atoms with Crippen LogP contribution in [-0.2, 0) is 0 Å². The molecule has 4 N–H and O–H groups in total. The number of nitrogens with one attached hydrogen (secondary N) is 2. The molecule has 0 aliphatic heterocycles. The summed E-state index contributed by atoms with van der Waals surface area (Å²) in [5.41, 5.74) is 0.345.